The van der Waals surface area contributed by atoms with E-state index in [-0.39, 0.29) is 10.7 Å². The standard InChI is InChI=1S/C16H20ClN3S/c1-10(2)21-15-19-13(18-14(17)20-15)11-6-8-12(9-7-11)16(3,4)5/h6-10H,1-5H3. The average Bonchev–Trinajstić information content (AvgIpc) is 2.36. The summed E-state index contributed by atoms with van der Waals surface area (Å²) in [5.41, 5.74) is 2.37. The second-order valence-corrected chi connectivity index (χ2v) is 8.09. The maximum absolute atomic E-state index is 6.01. The third kappa shape index (κ3) is 4.42. The zero-order chi connectivity index (χ0) is 15.6. The Kier molecular flexibility index (Phi) is 4.89. The highest BCUT2D eigenvalue weighted by molar-refractivity contribution is 7.99. The van der Waals surface area contributed by atoms with Crippen molar-refractivity contribution in [3.8, 4) is 11.4 Å². The number of aromatic nitrogens is 3. The van der Waals surface area contributed by atoms with Gasteiger partial charge in [-0.15, -0.1) is 0 Å². The highest BCUT2D eigenvalue weighted by Gasteiger charge is 2.14. The molecule has 0 amide bonds. The maximum Gasteiger partial charge on any atom is 0.226 e. The fourth-order valence-corrected chi connectivity index (χ4v) is 2.75. The molecule has 2 aromatic rings. The van der Waals surface area contributed by atoms with E-state index in [1.54, 1.807) is 11.8 Å². The van der Waals surface area contributed by atoms with Gasteiger partial charge < -0.3 is 0 Å². The van der Waals surface area contributed by atoms with Crippen molar-refractivity contribution >= 4 is 23.4 Å². The molecule has 112 valence electrons. The van der Waals surface area contributed by atoms with Crippen molar-refractivity contribution < 1.29 is 0 Å². The lowest BCUT2D eigenvalue weighted by molar-refractivity contribution is 0.590. The summed E-state index contributed by atoms with van der Waals surface area (Å²) in [5.74, 6) is 0.624. The van der Waals surface area contributed by atoms with Crippen LogP contribution in [0, 0.1) is 0 Å². The third-order valence-electron chi connectivity index (χ3n) is 2.94. The van der Waals surface area contributed by atoms with Gasteiger partial charge in [0.15, 0.2) is 11.0 Å². The summed E-state index contributed by atoms with van der Waals surface area (Å²) >= 11 is 7.59. The van der Waals surface area contributed by atoms with Gasteiger partial charge >= 0.3 is 0 Å². The maximum atomic E-state index is 6.01. The molecule has 0 saturated carbocycles. The predicted molar refractivity (Wildman–Crippen MR) is 90.0 cm³/mol. The Labute approximate surface area is 135 Å². The molecule has 0 bridgehead atoms. The van der Waals surface area contributed by atoms with E-state index >= 15 is 0 Å². The van der Waals surface area contributed by atoms with Crippen molar-refractivity contribution in [1.29, 1.82) is 0 Å². The van der Waals surface area contributed by atoms with E-state index in [9.17, 15) is 0 Å². The van der Waals surface area contributed by atoms with E-state index in [4.69, 9.17) is 11.6 Å². The molecule has 0 fully saturated rings. The van der Waals surface area contributed by atoms with E-state index in [2.05, 4.69) is 61.7 Å². The SMILES string of the molecule is CC(C)Sc1nc(Cl)nc(-c2ccc(C(C)(C)C)cc2)n1. The highest BCUT2D eigenvalue weighted by atomic mass is 35.5. The molecule has 21 heavy (non-hydrogen) atoms. The van der Waals surface area contributed by atoms with Gasteiger partial charge in [0, 0.05) is 10.8 Å². The number of halogens is 1. The molecule has 0 saturated heterocycles. The van der Waals surface area contributed by atoms with Gasteiger partial charge in [-0.1, -0.05) is 70.6 Å². The van der Waals surface area contributed by atoms with Crippen LogP contribution < -0.4 is 0 Å². The molecule has 0 radical (unpaired) electrons. The van der Waals surface area contributed by atoms with Crippen LogP contribution in [0.1, 0.15) is 40.2 Å². The van der Waals surface area contributed by atoms with Crippen LogP contribution in [0.4, 0.5) is 0 Å². The molecule has 1 aromatic carbocycles. The van der Waals surface area contributed by atoms with E-state index in [0.29, 0.717) is 16.2 Å². The summed E-state index contributed by atoms with van der Waals surface area (Å²) in [7, 11) is 0. The minimum atomic E-state index is 0.133. The molecule has 1 heterocycles. The van der Waals surface area contributed by atoms with E-state index in [1.807, 2.05) is 12.1 Å². The first-order valence-electron chi connectivity index (χ1n) is 6.95. The largest absolute Gasteiger partial charge is 0.226 e. The van der Waals surface area contributed by atoms with Gasteiger partial charge in [-0.05, 0) is 22.6 Å². The summed E-state index contributed by atoms with van der Waals surface area (Å²) in [5, 5.41) is 1.31. The second kappa shape index (κ2) is 6.32. The second-order valence-electron chi connectivity index (χ2n) is 6.20. The number of rotatable bonds is 3. The molecular formula is C16H20ClN3S. The number of nitrogens with zero attached hydrogens (tertiary/aromatic N) is 3. The number of hydrogen-bond acceptors (Lipinski definition) is 4. The Hall–Kier alpha value is -1.13. The van der Waals surface area contributed by atoms with Crippen LogP contribution >= 0.6 is 23.4 Å². The Morgan fingerprint density at radius 2 is 1.62 bits per heavy atom. The molecule has 1 aromatic heterocycles. The molecule has 0 spiro atoms. The van der Waals surface area contributed by atoms with Gasteiger partial charge in [0.05, 0.1) is 0 Å². The highest BCUT2D eigenvalue weighted by Crippen LogP contribution is 2.26. The fourth-order valence-electron chi connectivity index (χ4n) is 1.84. The predicted octanol–water partition coefficient (Wildman–Crippen LogP) is 4.99. The summed E-state index contributed by atoms with van der Waals surface area (Å²) < 4.78 is 0. The van der Waals surface area contributed by atoms with Gasteiger partial charge in [-0.25, -0.2) is 4.98 Å². The molecule has 0 aliphatic rings. The summed E-state index contributed by atoms with van der Waals surface area (Å²) in [4.78, 5) is 12.9. The van der Waals surface area contributed by atoms with Gasteiger partial charge in [0.25, 0.3) is 0 Å². The average molecular weight is 322 g/mol. The topological polar surface area (TPSA) is 38.7 Å². The minimum absolute atomic E-state index is 0.133. The lowest BCUT2D eigenvalue weighted by atomic mass is 9.87. The van der Waals surface area contributed by atoms with Gasteiger partial charge in [0.1, 0.15) is 0 Å². The van der Waals surface area contributed by atoms with Gasteiger partial charge in [-0.3, -0.25) is 0 Å². The van der Waals surface area contributed by atoms with Crippen LogP contribution in [0.25, 0.3) is 11.4 Å². The lowest BCUT2D eigenvalue weighted by Crippen LogP contribution is -2.10. The first-order chi connectivity index (χ1) is 9.75. The van der Waals surface area contributed by atoms with Gasteiger partial charge in [-0.2, -0.15) is 9.97 Å². The van der Waals surface area contributed by atoms with Crippen LogP contribution in [0.3, 0.4) is 0 Å². The van der Waals surface area contributed by atoms with Crippen LogP contribution in [-0.2, 0) is 5.41 Å². The summed E-state index contributed by atoms with van der Waals surface area (Å²) in [6.45, 7) is 10.8. The molecule has 2 rings (SSSR count). The Balaban J connectivity index is 2.35. The first kappa shape index (κ1) is 16.2. The molecule has 5 heteroatoms. The quantitative estimate of drug-likeness (QED) is 0.746. The molecule has 3 nitrogen and oxygen atoms in total. The van der Waals surface area contributed by atoms with E-state index in [0.717, 1.165) is 5.56 Å². The van der Waals surface area contributed by atoms with E-state index < -0.39 is 0 Å². The molecule has 0 atom stereocenters. The molecule has 0 unspecified atom stereocenters. The van der Waals surface area contributed by atoms with Crippen LogP contribution in [0.2, 0.25) is 5.28 Å². The Morgan fingerprint density at radius 1 is 1.00 bits per heavy atom. The van der Waals surface area contributed by atoms with Crippen molar-refractivity contribution in [1.82, 2.24) is 15.0 Å². The summed E-state index contributed by atoms with van der Waals surface area (Å²) in [6, 6.07) is 8.30. The van der Waals surface area contributed by atoms with Crippen molar-refractivity contribution in [2.45, 2.75) is 50.4 Å². The number of benzene rings is 1. The number of hydrogen-bond donors (Lipinski definition) is 0. The van der Waals surface area contributed by atoms with Crippen molar-refractivity contribution in [3.05, 3.63) is 35.1 Å². The monoisotopic (exact) mass is 321 g/mol. The molecule has 0 aliphatic carbocycles. The zero-order valence-corrected chi connectivity index (χ0v) is 14.6. The van der Waals surface area contributed by atoms with Crippen molar-refractivity contribution in [2.24, 2.45) is 0 Å². The molecular weight excluding hydrogens is 302 g/mol. The van der Waals surface area contributed by atoms with Crippen LogP contribution in [0.5, 0.6) is 0 Å². The van der Waals surface area contributed by atoms with E-state index in [1.165, 1.54) is 5.56 Å². The summed E-state index contributed by atoms with van der Waals surface area (Å²) in [6.07, 6.45) is 0. The fraction of sp³-hybridized carbons (Fsp3) is 0.438. The third-order valence-corrected chi connectivity index (χ3v) is 3.97. The smallest absolute Gasteiger partial charge is 0.202 e. The molecule has 0 N–H and O–H groups in total. The number of thioether (sulfide) groups is 1. The normalized spacial score (nSPS) is 12.0. The Morgan fingerprint density at radius 3 is 2.14 bits per heavy atom. The van der Waals surface area contributed by atoms with Crippen LogP contribution in [0.15, 0.2) is 29.4 Å². The lowest BCUT2D eigenvalue weighted by Gasteiger charge is -2.19. The first-order valence-corrected chi connectivity index (χ1v) is 8.20. The minimum Gasteiger partial charge on any atom is -0.202 e. The van der Waals surface area contributed by atoms with Crippen molar-refractivity contribution in [3.63, 3.8) is 0 Å². The van der Waals surface area contributed by atoms with Crippen molar-refractivity contribution in [2.75, 3.05) is 0 Å². The Bertz CT molecular complexity index is 618. The molecule has 0 aliphatic heterocycles. The zero-order valence-electron chi connectivity index (χ0n) is 13.0. The van der Waals surface area contributed by atoms with Gasteiger partial charge in [0.2, 0.25) is 5.28 Å². The van der Waals surface area contributed by atoms with Crippen LogP contribution in [-0.4, -0.2) is 20.2 Å².